The molecule has 20 heavy (non-hydrogen) atoms. The molecular weight excluding hydrogens is 336 g/mol. The molecule has 1 aromatic rings. The summed E-state index contributed by atoms with van der Waals surface area (Å²) in [6.45, 7) is 7.61. The number of nitrogens with zero attached hydrogens (tertiary/aromatic N) is 1. The van der Waals surface area contributed by atoms with Gasteiger partial charge < -0.3 is 5.73 Å². The first-order valence-electron chi connectivity index (χ1n) is 7.38. The van der Waals surface area contributed by atoms with Gasteiger partial charge in [0, 0.05) is 17.1 Å². The van der Waals surface area contributed by atoms with E-state index in [1.165, 1.54) is 24.8 Å². The lowest BCUT2D eigenvalue weighted by atomic mass is 9.78. The van der Waals surface area contributed by atoms with E-state index in [2.05, 4.69) is 46.8 Å². The van der Waals surface area contributed by atoms with Crippen LogP contribution >= 0.6 is 27.5 Å². The van der Waals surface area contributed by atoms with E-state index >= 15 is 0 Å². The first-order valence-corrected chi connectivity index (χ1v) is 8.55. The molecule has 1 fully saturated rings. The quantitative estimate of drug-likeness (QED) is 0.850. The van der Waals surface area contributed by atoms with Gasteiger partial charge in [0.2, 0.25) is 0 Å². The molecule has 1 aromatic carbocycles. The Morgan fingerprint density at radius 3 is 2.55 bits per heavy atom. The summed E-state index contributed by atoms with van der Waals surface area (Å²) in [5, 5.41) is 0.752. The van der Waals surface area contributed by atoms with E-state index < -0.39 is 0 Å². The van der Waals surface area contributed by atoms with E-state index in [-0.39, 0.29) is 0 Å². The van der Waals surface area contributed by atoms with Gasteiger partial charge in [-0.3, -0.25) is 4.90 Å². The Morgan fingerprint density at radius 1 is 1.40 bits per heavy atom. The summed E-state index contributed by atoms with van der Waals surface area (Å²) in [4.78, 5) is 2.52. The maximum Gasteiger partial charge on any atom is 0.0548 e. The van der Waals surface area contributed by atoms with E-state index in [4.69, 9.17) is 17.3 Å². The lowest BCUT2D eigenvalue weighted by Crippen LogP contribution is -2.42. The van der Waals surface area contributed by atoms with Crippen LogP contribution in [0.3, 0.4) is 0 Å². The van der Waals surface area contributed by atoms with Crippen LogP contribution in [0.15, 0.2) is 22.7 Å². The van der Waals surface area contributed by atoms with Crippen LogP contribution in [0.25, 0.3) is 0 Å². The maximum atomic E-state index is 6.08. The zero-order chi connectivity index (χ0) is 14.8. The molecule has 2 nitrogen and oxygen atoms in total. The summed E-state index contributed by atoms with van der Waals surface area (Å²) in [6.07, 6.45) is 3.78. The summed E-state index contributed by atoms with van der Waals surface area (Å²) in [7, 11) is 0. The van der Waals surface area contributed by atoms with Crippen molar-refractivity contribution < 1.29 is 0 Å². The Balaban J connectivity index is 2.11. The van der Waals surface area contributed by atoms with E-state index in [0.29, 0.717) is 18.0 Å². The molecule has 1 saturated heterocycles. The zero-order valence-corrected chi connectivity index (χ0v) is 14.7. The molecule has 2 N–H and O–H groups in total. The minimum atomic E-state index is 0.296. The Morgan fingerprint density at radius 2 is 2.05 bits per heavy atom. The molecule has 1 aliphatic rings. The van der Waals surface area contributed by atoms with E-state index in [1.807, 2.05) is 6.07 Å². The third kappa shape index (κ3) is 3.56. The molecule has 0 aromatic heterocycles. The lowest BCUT2D eigenvalue weighted by molar-refractivity contribution is 0.0829. The van der Waals surface area contributed by atoms with Gasteiger partial charge in [-0.25, -0.2) is 0 Å². The maximum absolute atomic E-state index is 6.08. The SMILES string of the molecule is CCC1(C)CCN(C(CN)c2ccc(Cl)c(Br)c2)CC1. The van der Waals surface area contributed by atoms with Crippen molar-refractivity contribution in [1.82, 2.24) is 4.90 Å². The highest BCUT2D eigenvalue weighted by atomic mass is 79.9. The van der Waals surface area contributed by atoms with Gasteiger partial charge in [0.25, 0.3) is 0 Å². The molecule has 0 radical (unpaired) electrons. The van der Waals surface area contributed by atoms with Gasteiger partial charge in [0.05, 0.1) is 5.02 Å². The van der Waals surface area contributed by atoms with Gasteiger partial charge in [-0.2, -0.15) is 0 Å². The molecule has 4 heteroatoms. The molecule has 0 aliphatic carbocycles. The van der Waals surface area contributed by atoms with Crippen LogP contribution in [-0.2, 0) is 0 Å². The smallest absolute Gasteiger partial charge is 0.0548 e. The summed E-state index contributed by atoms with van der Waals surface area (Å²) in [5.74, 6) is 0. The average molecular weight is 360 g/mol. The molecule has 1 unspecified atom stereocenters. The highest BCUT2D eigenvalue weighted by molar-refractivity contribution is 9.10. The zero-order valence-electron chi connectivity index (χ0n) is 12.3. The molecule has 112 valence electrons. The second-order valence-electron chi connectivity index (χ2n) is 6.13. The highest BCUT2D eigenvalue weighted by Crippen LogP contribution is 2.37. The first-order chi connectivity index (χ1) is 9.49. The minimum Gasteiger partial charge on any atom is -0.329 e. The van der Waals surface area contributed by atoms with Crippen LogP contribution in [-0.4, -0.2) is 24.5 Å². The molecule has 1 atom stereocenters. The topological polar surface area (TPSA) is 29.3 Å². The Labute approximate surface area is 135 Å². The van der Waals surface area contributed by atoms with Crippen molar-refractivity contribution in [1.29, 1.82) is 0 Å². The van der Waals surface area contributed by atoms with Gasteiger partial charge >= 0.3 is 0 Å². The van der Waals surface area contributed by atoms with Gasteiger partial charge in [0.15, 0.2) is 0 Å². The van der Waals surface area contributed by atoms with Crippen LogP contribution in [0.5, 0.6) is 0 Å². The summed E-state index contributed by atoms with van der Waals surface area (Å²) < 4.78 is 0.950. The second kappa shape index (κ2) is 6.78. The lowest BCUT2D eigenvalue weighted by Gasteiger charge is -2.42. The average Bonchev–Trinajstić information content (AvgIpc) is 2.46. The molecule has 1 aliphatic heterocycles. The van der Waals surface area contributed by atoms with Crippen molar-refractivity contribution in [2.24, 2.45) is 11.1 Å². The van der Waals surface area contributed by atoms with Gasteiger partial charge in [-0.15, -0.1) is 0 Å². The van der Waals surface area contributed by atoms with Crippen LogP contribution in [0.4, 0.5) is 0 Å². The van der Waals surface area contributed by atoms with Crippen molar-refractivity contribution >= 4 is 27.5 Å². The van der Waals surface area contributed by atoms with Gasteiger partial charge in [0.1, 0.15) is 0 Å². The summed E-state index contributed by atoms with van der Waals surface area (Å²) in [5.41, 5.74) is 7.80. The monoisotopic (exact) mass is 358 g/mol. The van der Waals surface area contributed by atoms with E-state index in [9.17, 15) is 0 Å². The number of hydrogen-bond donors (Lipinski definition) is 1. The fraction of sp³-hybridized carbons (Fsp3) is 0.625. The fourth-order valence-corrected chi connectivity index (χ4v) is 3.46. The third-order valence-corrected chi connectivity index (χ3v) is 6.07. The normalized spacial score (nSPS) is 20.9. The van der Waals surface area contributed by atoms with Gasteiger partial charge in [-0.1, -0.05) is 37.9 Å². The van der Waals surface area contributed by atoms with Crippen molar-refractivity contribution in [3.8, 4) is 0 Å². The number of hydrogen-bond acceptors (Lipinski definition) is 2. The number of benzene rings is 1. The van der Waals surface area contributed by atoms with Crippen molar-refractivity contribution in [2.45, 2.75) is 39.2 Å². The highest BCUT2D eigenvalue weighted by Gasteiger charge is 2.31. The molecule has 0 bridgehead atoms. The molecule has 0 spiro atoms. The summed E-state index contributed by atoms with van der Waals surface area (Å²) in [6, 6.07) is 6.44. The van der Waals surface area contributed by atoms with Crippen molar-refractivity contribution in [3.05, 3.63) is 33.3 Å². The van der Waals surface area contributed by atoms with Crippen LogP contribution in [0, 0.1) is 5.41 Å². The molecule has 1 heterocycles. The van der Waals surface area contributed by atoms with E-state index in [0.717, 1.165) is 22.6 Å². The number of halogens is 2. The molecule has 0 saturated carbocycles. The molecule has 2 rings (SSSR count). The Hall–Kier alpha value is -0.0900. The van der Waals surface area contributed by atoms with Crippen molar-refractivity contribution in [2.75, 3.05) is 19.6 Å². The fourth-order valence-electron chi connectivity index (χ4n) is 2.94. The van der Waals surface area contributed by atoms with Gasteiger partial charge in [-0.05, 0) is 65.0 Å². The first kappa shape index (κ1) is 16.3. The number of likely N-dealkylation sites (tertiary alicyclic amines) is 1. The molecule has 0 amide bonds. The number of nitrogens with two attached hydrogens (primary N) is 1. The van der Waals surface area contributed by atoms with Crippen molar-refractivity contribution in [3.63, 3.8) is 0 Å². The van der Waals surface area contributed by atoms with E-state index in [1.54, 1.807) is 0 Å². The number of rotatable bonds is 4. The third-order valence-electron chi connectivity index (χ3n) is 4.85. The van der Waals surface area contributed by atoms with Crippen LogP contribution < -0.4 is 5.73 Å². The largest absolute Gasteiger partial charge is 0.329 e. The van der Waals surface area contributed by atoms with Crippen LogP contribution in [0.2, 0.25) is 5.02 Å². The Bertz CT molecular complexity index is 456. The minimum absolute atomic E-state index is 0.296. The number of piperidine rings is 1. The van der Waals surface area contributed by atoms with Crippen LogP contribution in [0.1, 0.15) is 44.7 Å². The summed E-state index contributed by atoms with van der Waals surface area (Å²) >= 11 is 9.58. The Kier molecular flexibility index (Phi) is 5.52. The predicted octanol–water partition coefficient (Wildman–Crippen LogP) is 4.61. The second-order valence-corrected chi connectivity index (χ2v) is 7.39. The molecular formula is C16H24BrClN2. The predicted molar refractivity (Wildman–Crippen MR) is 90.2 cm³/mol. The standard InChI is InChI=1S/C16H24BrClN2/c1-3-16(2)6-8-20(9-7-16)15(11-19)12-4-5-14(18)13(17)10-12/h4-5,10,15H,3,6-9,11,19H2,1-2H3.